The van der Waals surface area contributed by atoms with E-state index in [9.17, 15) is 0 Å². The maximum Gasteiger partial charge on any atom is 0.0623 e. The molecule has 2 nitrogen and oxygen atoms in total. The number of pyridine rings is 2. The van der Waals surface area contributed by atoms with E-state index in [0.717, 1.165) is 11.4 Å². The Balaban J connectivity index is 0. The summed E-state index contributed by atoms with van der Waals surface area (Å²) in [5, 5.41) is 0. The number of hydrogen-bond acceptors (Lipinski definition) is 2. The Morgan fingerprint density at radius 3 is 1.09 bits per heavy atom. The summed E-state index contributed by atoms with van der Waals surface area (Å²) < 4.78 is 7.30. The summed E-state index contributed by atoms with van der Waals surface area (Å²) in [5.74, 6) is 0. The number of aryl methyl sites for hydroxylation is 2. The van der Waals surface area contributed by atoms with Crippen LogP contribution in [0, 0.1) is 13.8 Å². The molecule has 0 fully saturated rings. The minimum Gasteiger partial charge on any atom is -0.261 e. The molecule has 184 valence electrons. The van der Waals surface area contributed by atoms with Crippen LogP contribution in [-0.4, -0.2) is 9.97 Å². The van der Waals surface area contributed by atoms with Gasteiger partial charge in [-0.25, -0.2) is 0 Å². The Kier molecular flexibility index (Phi) is 14.4. The van der Waals surface area contributed by atoms with Crippen molar-refractivity contribution in [1.29, 1.82) is 0 Å². The zero-order chi connectivity index (χ0) is 25.4. The number of benzene rings is 1. The smallest absolute Gasteiger partial charge is 0.0623 e. The monoisotopic (exact) mass is 536 g/mol. The van der Waals surface area contributed by atoms with Gasteiger partial charge in [0.1, 0.15) is 0 Å². The summed E-state index contributed by atoms with van der Waals surface area (Å²) in [6.45, 7) is 23.7. The fourth-order valence-electron chi connectivity index (χ4n) is 2.71. The molecule has 0 aliphatic carbocycles. The molecule has 2 heterocycles. The second-order valence-electron chi connectivity index (χ2n) is 11.4. The first-order valence-electron chi connectivity index (χ1n) is 11.9. The maximum atomic E-state index is 7.30. The summed E-state index contributed by atoms with van der Waals surface area (Å²) in [7, 11) is 0. The summed E-state index contributed by atoms with van der Waals surface area (Å²) in [6, 6.07) is 16.7. The molecule has 0 amide bonds. The van der Waals surface area contributed by atoms with Crippen molar-refractivity contribution in [3.05, 3.63) is 95.0 Å². The van der Waals surface area contributed by atoms with Crippen LogP contribution in [0.1, 0.15) is 91.8 Å². The molecule has 0 aliphatic rings. The summed E-state index contributed by atoms with van der Waals surface area (Å²) in [4.78, 5) is 8.49. The minimum atomic E-state index is 0. The van der Waals surface area contributed by atoms with Crippen LogP contribution in [-0.2, 0) is 53.4 Å². The van der Waals surface area contributed by atoms with Gasteiger partial charge in [-0.15, -0.1) is 0 Å². The average Bonchev–Trinajstić information content (AvgIpc) is 2.68. The summed E-state index contributed by atoms with van der Waals surface area (Å²) in [6.07, 6.45) is 3.91. The van der Waals surface area contributed by atoms with E-state index in [1.54, 1.807) is 0 Å². The van der Waals surface area contributed by atoms with Gasteiger partial charge in [0, 0.05) is 60.9 Å². The van der Waals surface area contributed by atoms with Gasteiger partial charge >= 0.3 is 0 Å². The Labute approximate surface area is 235 Å². The third-order valence-electron chi connectivity index (χ3n) is 5.14. The molecule has 4 heteroatoms. The van der Waals surface area contributed by atoms with Gasteiger partial charge in [0.2, 0.25) is 0 Å². The van der Waals surface area contributed by atoms with Crippen molar-refractivity contribution in [2.75, 3.05) is 0 Å². The van der Waals surface area contributed by atoms with Crippen LogP contribution < -0.4 is 0 Å². The second kappa shape index (κ2) is 14.9. The molecule has 0 aliphatic heterocycles. The molecular weight excluding hydrogens is 490 g/mol. The third-order valence-corrected chi connectivity index (χ3v) is 5.14. The standard InChI is InChI=1S/2C10H15N.C10H14.2V/c2*1-8-5-6-9(7-11-8)10(2,3)4;1-10(2,3)9-7-5-4-6-8-9;;/h2*5-7H,1-4H3;4-8H,1-3H3;;/i;;4T;;. The van der Waals surface area contributed by atoms with Crippen LogP contribution in [0.15, 0.2) is 67.0 Å². The van der Waals surface area contributed by atoms with Gasteiger partial charge in [0.25, 0.3) is 0 Å². The quantitative estimate of drug-likeness (QED) is 0.289. The molecule has 0 spiro atoms. The molecule has 0 atom stereocenters. The first kappa shape index (κ1) is 32.7. The third kappa shape index (κ3) is 13.5. The van der Waals surface area contributed by atoms with Crippen LogP contribution in [0.5, 0.6) is 0 Å². The predicted octanol–water partition coefficient (Wildman–Crippen LogP) is 8.35. The van der Waals surface area contributed by atoms with Gasteiger partial charge in [-0.3, -0.25) is 9.97 Å². The molecule has 0 unspecified atom stereocenters. The first-order valence-corrected chi connectivity index (χ1v) is 11.4. The fourth-order valence-corrected chi connectivity index (χ4v) is 2.71. The van der Waals surface area contributed by atoms with Crippen molar-refractivity contribution in [2.24, 2.45) is 0 Å². The molecule has 1 aromatic carbocycles. The molecule has 0 saturated carbocycles. The molecule has 2 aromatic heterocycles. The minimum absolute atomic E-state index is 0. The Morgan fingerprint density at radius 2 is 0.853 bits per heavy atom. The summed E-state index contributed by atoms with van der Waals surface area (Å²) >= 11 is 0. The van der Waals surface area contributed by atoms with Crippen molar-refractivity contribution >= 4 is 0 Å². The van der Waals surface area contributed by atoms with Crippen LogP contribution in [0.2, 0.25) is 0 Å². The molecule has 34 heavy (non-hydrogen) atoms. The number of nitrogens with zero attached hydrogens (tertiary/aromatic N) is 2. The van der Waals surface area contributed by atoms with E-state index >= 15 is 0 Å². The zero-order valence-corrected chi connectivity index (χ0v) is 25.9. The van der Waals surface area contributed by atoms with E-state index in [1.807, 2.05) is 50.5 Å². The maximum absolute atomic E-state index is 7.30. The van der Waals surface area contributed by atoms with E-state index in [0.29, 0.717) is 6.04 Å². The van der Waals surface area contributed by atoms with Gasteiger partial charge in [0.15, 0.2) is 0 Å². The SMILES string of the molecule is Cc1ccc(C(C)(C)C)cn1.Cc1ccc(C(C)(C)C)cn1.[3H]c1ccc(C(C)(C)C)cc1.[V].[V]. The fraction of sp³-hybridized carbons (Fsp3) is 0.467. The average molecular weight is 537 g/mol. The normalized spacial score (nSPS) is 11.3. The van der Waals surface area contributed by atoms with Gasteiger partial charge in [0.05, 0.1) is 1.37 Å². The molecule has 0 saturated heterocycles. The topological polar surface area (TPSA) is 25.8 Å². The van der Waals surface area contributed by atoms with Gasteiger partial charge in [-0.2, -0.15) is 0 Å². The van der Waals surface area contributed by atoms with Crippen molar-refractivity contribution in [3.63, 3.8) is 0 Å². The summed E-state index contributed by atoms with van der Waals surface area (Å²) in [5.41, 5.74) is 6.69. The van der Waals surface area contributed by atoms with Gasteiger partial charge < -0.3 is 0 Å². The molecule has 3 rings (SSSR count). The zero-order valence-electron chi connectivity index (χ0n) is 24.1. The largest absolute Gasteiger partial charge is 0.261 e. The first-order chi connectivity index (χ1) is 15.0. The van der Waals surface area contributed by atoms with Crippen LogP contribution in [0.3, 0.4) is 0 Å². The Bertz CT molecular complexity index is 830. The number of hydrogen-bond donors (Lipinski definition) is 0. The number of rotatable bonds is 0. The van der Waals surface area contributed by atoms with E-state index < -0.39 is 0 Å². The van der Waals surface area contributed by atoms with E-state index in [-0.39, 0.29) is 53.4 Å². The molecule has 0 bridgehead atoms. The van der Waals surface area contributed by atoms with Gasteiger partial charge in [-0.05, 0) is 58.9 Å². The number of aromatic nitrogens is 2. The van der Waals surface area contributed by atoms with Crippen molar-refractivity contribution in [2.45, 2.75) is 92.4 Å². The van der Waals surface area contributed by atoms with E-state index in [1.165, 1.54) is 16.7 Å². The van der Waals surface area contributed by atoms with Crippen molar-refractivity contribution < 1.29 is 38.5 Å². The van der Waals surface area contributed by atoms with E-state index in [4.69, 9.17) is 1.37 Å². The van der Waals surface area contributed by atoms with Crippen LogP contribution in [0.4, 0.5) is 0 Å². The molecule has 0 N–H and O–H groups in total. The van der Waals surface area contributed by atoms with Crippen molar-refractivity contribution in [3.8, 4) is 0 Å². The van der Waals surface area contributed by atoms with Crippen molar-refractivity contribution in [1.82, 2.24) is 9.97 Å². The molecule has 2 radical (unpaired) electrons. The van der Waals surface area contributed by atoms with Gasteiger partial charge in [-0.1, -0.05) is 105 Å². The predicted molar refractivity (Wildman–Crippen MR) is 140 cm³/mol. The molecular formula is C30H44N2V2. The van der Waals surface area contributed by atoms with E-state index in [2.05, 4.69) is 96.5 Å². The second-order valence-corrected chi connectivity index (χ2v) is 11.4. The Hall–Kier alpha value is -1.31. The van der Waals surface area contributed by atoms with Crippen LogP contribution in [0.25, 0.3) is 0 Å². The van der Waals surface area contributed by atoms with Crippen LogP contribution >= 0.6 is 0 Å². The molecule has 3 aromatic rings. The Morgan fingerprint density at radius 1 is 0.529 bits per heavy atom.